The highest BCUT2D eigenvalue weighted by Gasteiger charge is 2.41. The minimum absolute atomic E-state index is 0.0987. The highest BCUT2D eigenvalue weighted by atomic mass is 31.2. The van der Waals surface area contributed by atoms with E-state index in [4.69, 9.17) is 9.05 Å². The van der Waals surface area contributed by atoms with E-state index in [0.29, 0.717) is 24.7 Å². The number of halogens is 3. The molecule has 0 aliphatic heterocycles. The van der Waals surface area contributed by atoms with Crippen molar-refractivity contribution in [3.05, 3.63) is 0 Å². The fourth-order valence-electron chi connectivity index (χ4n) is 4.02. The van der Waals surface area contributed by atoms with Gasteiger partial charge in [-0.25, -0.2) is 0 Å². The SMILES string of the molecule is O=P(CC(F)(F)F)(OCCC1CCCCC1)OCCC1CCCCC1. The molecule has 2 rings (SSSR count). The lowest BCUT2D eigenvalue weighted by Gasteiger charge is -2.25. The van der Waals surface area contributed by atoms with Crippen LogP contribution in [0, 0.1) is 11.8 Å². The molecule has 0 spiro atoms. The molecule has 0 aromatic carbocycles. The number of alkyl halides is 3. The van der Waals surface area contributed by atoms with E-state index in [1.807, 2.05) is 0 Å². The molecule has 0 radical (unpaired) electrons. The van der Waals surface area contributed by atoms with Crippen LogP contribution in [0.3, 0.4) is 0 Å². The molecule has 0 saturated heterocycles. The fourth-order valence-corrected chi connectivity index (χ4v) is 5.48. The van der Waals surface area contributed by atoms with Crippen molar-refractivity contribution in [3.8, 4) is 0 Å². The molecule has 0 bridgehead atoms. The van der Waals surface area contributed by atoms with E-state index < -0.39 is 19.9 Å². The van der Waals surface area contributed by atoms with Crippen LogP contribution in [0.5, 0.6) is 0 Å². The quantitative estimate of drug-likeness (QED) is 0.414. The molecular weight excluding hydrogens is 352 g/mol. The van der Waals surface area contributed by atoms with E-state index in [2.05, 4.69) is 0 Å². The van der Waals surface area contributed by atoms with Crippen LogP contribution >= 0.6 is 7.60 Å². The summed E-state index contributed by atoms with van der Waals surface area (Å²) in [6, 6.07) is 0. The van der Waals surface area contributed by atoms with Gasteiger partial charge in [-0.05, 0) is 24.7 Å². The summed E-state index contributed by atoms with van der Waals surface area (Å²) in [5.74, 6) is 0.964. The summed E-state index contributed by atoms with van der Waals surface area (Å²) in [6.07, 6.45) is 6.84. The average Bonchev–Trinajstić information content (AvgIpc) is 2.55. The molecule has 148 valence electrons. The van der Waals surface area contributed by atoms with E-state index >= 15 is 0 Å². The second kappa shape index (κ2) is 10.3. The summed E-state index contributed by atoms with van der Waals surface area (Å²) in [7, 11) is -4.10. The maximum absolute atomic E-state index is 12.8. The highest BCUT2D eigenvalue weighted by Crippen LogP contribution is 2.52. The second-order valence-electron chi connectivity index (χ2n) is 7.64. The lowest BCUT2D eigenvalue weighted by molar-refractivity contribution is -0.110. The van der Waals surface area contributed by atoms with Gasteiger partial charge >= 0.3 is 13.8 Å². The van der Waals surface area contributed by atoms with Gasteiger partial charge in [0.15, 0.2) is 0 Å². The van der Waals surface area contributed by atoms with E-state index in [1.54, 1.807) is 0 Å². The summed E-state index contributed by atoms with van der Waals surface area (Å²) in [6.45, 7) is 0.197. The van der Waals surface area contributed by atoms with Crippen molar-refractivity contribution in [1.82, 2.24) is 0 Å². The summed E-state index contributed by atoms with van der Waals surface area (Å²) >= 11 is 0. The van der Waals surface area contributed by atoms with Crippen LogP contribution in [-0.2, 0) is 13.6 Å². The van der Waals surface area contributed by atoms with Gasteiger partial charge in [0.1, 0.15) is 6.16 Å². The molecule has 0 heterocycles. The van der Waals surface area contributed by atoms with Gasteiger partial charge in [-0.3, -0.25) is 4.57 Å². The van der Waals surface area contributed by atoms with Gasteiger partial charge < -0.3 is 9.05 Å². The molecule has 0 atom stereocenters. The fraction of sp³-hybridized carbons (Fsp3) is 1.00. The Morgan fingerprint density at radius 3 is 1.52 bits per heavy atom. The van der Waals surface area contributed by atoms with Crippen molar-refractivity contribution < 1.29 is 26.8 Å². The molecule has 2 aliphatic carbocycles. The normalized spacial score (nSPS) is 21.6. The van der Waals surface area contributed by atoms with Gasteiger partial charge in [0, 0.05) is 0 Å². The molecule has 0 amide bonds. The molecule has 2 fully saturated rings. The van der Waals surface area contributed by atoms with Crippen LogP contribution in [0.4, 0.5) is 13.2 Å². The second-order valence-corrected chi connectivity index (χ2v) is 9.69. The summed E-state index contributed by atoms with van der Waals surface area (Å²) in [4.78, 5) is 0. The zero-order valence-corrected chi connectivity index (χ0v) is 16.0. The molecule has 0 N–H and O–H groups in total. The Bertz CT molecular complexity index is 388. The predicted octanol–water partition coefficient (Wildman–Crippen LogP) is 6.72. The summed E-state index contributed by atoms with van der Waals surface area (Å²) in [5, 5.41) is 0. The van der Waals surface area contributed by atoms with E-state index in [0.717, 1.165) is 25.7 Å². The monoisotopic (exact) mass is 384 g/mol. The number of rotatable bonds is 9. The van der Waals surface area contributed by atoms with Crippen LogP contribution in [0.25, 0.3) is 0 Å². The van der Waals surface area contributed by atoms with Crippen molar-refractivity contribution in [1.29, 1.82) is 0 Å². The Balaban J connectivity index is 1.76. The van der Waals surface area contributed by atoms with Crippen molar-refractivity contribution in [2.24, 2.45) is 11.8 Å². The van der Waals surface area contributed by atoms with Crippen LogP contribution in [0.1, 0.15) is 77.0 Å². The van der Waals surface area contributed by atoms with Crippen LogP contribution in [0.15, 0.2) is 0 Å². The maximum Gasteiger partial charge on any atom is 0.400 e. The van der Waals surface area contributed by atoms with Gasteiger partial charge in [-0.15, -0.1) is 0 Å². The number of hydrogen-bond donors (Lipinski definition) is 0. The summed E-state index contributed by atoms with van der Waals surface area (Å²) in [5.41, 5.74) is 0. The largest absolute Gasteiger partial charge is 0.400 e. The molecule has 0 unspecified atom stereocenters. The van der Waals surface area contributed by atoms with Crippen molar-refractivity contribution >= 4 is 7.60 Å². The lowest BCUT2D eigenvalue weighted by Crippen LogP contribution is -2.19. The number of hydrogen-bond acceptors (Lipinski definition) is 3. The zero-order valence-electron chi connectivity index (χ0n) is 15.1. The molecule has 2 aliphatic rings. The third kappa shape index (κ3) is 8.92. The van der Waals surface area contributed by atoms with Crippen LogP contribution in [-0.4, -0.2) is 25.6 Å². The molecular formula is C18H32F3O3P. The van der Waals surface area contributed by atoms with Crippen LogP contribution in [0.2, 0.25) is 0 Å². The van der Waals surface area contributed by atoms with Crippen molar-refractivity contribution in [2.75, 3.05) is 19.4 Å². The first-order chi connectivity index (χ1) is 11.9. The average molecular weight is 384 g/mol. The Labute approximate surface area is 149 Å². The standard InChI is InChI=1S/C18H32F3O3P/c19-18(20,21)15-25(22,23-13-11-16-7-3-1-4-8-16)24-14-12-17-9-5-2-6-10-17/h16-17H,1-15H2. The third-order valence-electron chi connectivity index (χ3n) is 5.45. The Morgan fingerprint density at radius 2 is 1.16 bits per heavy atom. The highest BCUT2D eigenvalue weighted by molar-refractivity contribution is 7.53. The predicted molar refractivity (Wildman–Crippen MR) is 92.8 cm³/mol. The molecule has 0 aromatic heterocycles. The zero-order chi connectivity index (χ0) is 18.2. The molecule has 25 heavy (non-hydrogen) atoms. The van der Waals surface area contributed by atoms with Gasteiger partial charge in [-0.2, -0.15) is 13.2 Å². The minimum atomic E-state index is -4.54. The van der Waals surface area contributed by atoms with Gasteiger partial charge in [0.25, 0.3) is 0 Å². The van der Waals surface area contributed by atoms with Crippen molar-refractivity contribution in [3.63, 3.8) is 0 Å². The first-order valence-electron chi connectivity index (χ1n) is 9.81. The lowest BCUT2D eigenvalue weighted by atomic mass is 9.87. The molecule has 0 aromatic rings. The Hall–Kier alpha value is -0.0600. The van der Waals surface area contributed by atoms with E-state index in [1.165, 1.54) is 38.5 Å². The first kappa shape index (κ1) is 21.2. The van der Waals surface area contributed by atoms with E-state index in [9.17, 15) is 17.7 Å². The van der Waals surface area contributed by atoms with Gasteiger partial charge in [0.2, 0.25) is 0 Å². The Kier molecular flexibility index (Phi) is 8.77. The van der Waals surface area contributed by atoms with Crippen molar-refractivity contribution in [2.45, 2.75) is 83.2 Å². The summed E-state index contributed by atoms with van der Waals surface area (Å²) < 4.78 is 61.3. The van der Waals surface area contributed by atoms with E-state index in [-0.39, 0.29) is 13.2 Å². The molecule has 2 saturated carbocycles. The first-order valence-corrected chi connectivity index (χ1v) is 11.5. The topological polar surface area (TPSA) is 35.5 Å². The van der Waals surface area contributed by atoms with Gasteiger partial charge in [0.05, 0.1) is 13.2 Å². The smallest absolute Gasteiger partial charge is 0.308 e. The maximum atomic E-state index is 12.8. The van der Waals surface area contributed by atoms with Gasteiger partial charge in [-0.1, -0.05) is 64.2 Å². The molecule has 3 nitrogen and oxygen atoms in total. The molecule has 7 heteroatoms. The third-order valence-corrected chi connectivity index (χ3v) is 7.35. The van der Waals surface area contributed by atoms with Crippen LogP contribution < -0.4 is 0 Å². The Morgan fingerprint density at radius 1 is 0.760 bits per heavy atom. The minimum Gasteiger partial charge on any atom is -0.308 e.